The molecule has 5 atom stereocenters. The van der Waals surface area contributed by atoms with Gasteiger partial charge in [0.25, 0.3) is 0 Å². The molecule has 0 N–H and O–H groups in total. The predicted molar refractivity (Wildman–Crippen MR) is 131 cm³/mol. The Hall–Kier alpha value is -2.14. The van der Waals surface area contributed by atoms with Gasteiger partial charge in [-0.3, -0.25) is 4.79 Å². The highest BCUT2D eigenvalue weighted by atomic mass is 79.9. The molecular weight excluding hydrogens is 480 g/mol. The molecule has 5 heteroatoms. The molecular formula is C28H31BrO4. The van der Waals surface area contributed by atoms with Gasteiger partial charge in [-0.05, 0) is 104 Å². The van der Waals surface area contributed by atoms with Gasteiger partial charge in [0.15, 0.2) is 0 Å². The first-order valence-corrected chi connectivity index (χ1v) is 13.2. The van der Waals surface area contributed by atoms with Crippen LogP contribution in [0, 0.1) is 24.2 Å². The molecule has 33 heavy (non-hydrogen) atoms. The molecule has 3 aliphatic rings. The summed E-state index contributed by atoms with van der Waals surface area (Å²) in [5.74, 6) is 1.93. The summed E-state index contributed by atoms with van der Waals surface area (Å²) in [6.45, 7) is 4.51. The van der Waals surface area contributed by atoms with Gasteiger partial charge in [0.05, 0.1) is 5.56 Å². The minimum atomic E-state index is -0.313. The van der Waals surface area contributed by atoms with Gasteiger partial charge in [-0.15, -0.1) is 0 Å². The number of aryl methyl sites for hydroxylation is 2. The monoisotopic (exact) mass is 510 g/mol. The molecule has 0 aliphatic heterocycles. The molecule has 2 saturated carbocycles. The lowest BCUT2D eigenvalue weighted by Crippen LogP contribution is -2.45. The summed E-state index contributed by atoms with van der Waals surface area (Å²) in [5, 5.41) is 0.264. The zero-order valence-electron chi connectivity index (χ0n) is 19.3. The summed E-state index contributed by atoms with van der Waals surface area (Å²) in [6.07, 6.45) is 6.51. The van der Waals surface area contributed by atoms with Crippen LogP contribution in [0.2, 0.25) is 0 Å². The van der Waals surface area contributed by atoms with E-state index in [9.17, 15) is 9.59 Å². The van der Waals surface area contributed by atoms with Crippen LogP contribution < -0.4 is 4.74 Å². The van der Waals surface area contributed by atoms with E-state index in [2.05, 4.69) is 35.8 Å². The van der Waals surface area contributed by atoms with Gasteiger partial charge in [0.1, 0.15) is 17.2 Å². The summed E-state index contributed by atoms with van der Waals surface area (Å²) < 4.78 is 11.6. The van der Waals surface area contributed by atoms with Crippen LogP contribution in [0.4, 0.5) is 0 Å². The van der Waals surface area contributed by atoms with E-state index in [1.807, 2.05) is 24.3 Å². The maximum Gasteiger partial charge on any atom is 0.343 e. The lowest BCUT2D eigenvalue weighted by Gasteiger charge is -2.50. The van der Waals surface area contributed by atoms with Crippen molar-refractivity contribution in [2.24, 2.45) is 17.3 Å². The Labute approximate surface area is 204 Å². The van der Waals surface area contributed by atoms with E-state index >= 15 is 0 Å². The second kappa shape index (κ2) is 8.90. The predicted octanol–water partition coefficient (Wildman–Crippen LogP) is 6.38. The fourth-order valence-electron chi connectivity index (χ4n) is 7.08. The largest absolute Gasteiger partial charge is 0.461 e. The molecule has 5 rings (SSSR count). The van der Waals surface area contributed by atoms with Gasteiger partial charge in [-0.1, -0.05) is 41.1 Å². The smallest absolute Gasteiger partial charge is 0.343 e. The average molecular weight is 511 g/mol. The minimum Gasteiger partial charge on any atom is -0.461 e. The maximum atomic E-state index is 12.5. The second-order valence-electron chi connectivity index (χ2n) is 10.2. The third-order valence-electron chi connectivity index (χ3n) is 8.52. The molecule has 0 spiro atoms. The van der Waals surface area contributed by atoms with Gasteiger partial charge in [0, 0.05) is 5.41 Å². The quantitative estimate of drug-likeness (QED) is 0.272. The fraction of sp³-hybridized carbons (Fsp3) is 0.500. The van der Waals surface area contributed by atoms with Crippen molar-refractivity contribution in [2.75, 3.05) is 5.33 Å². The average Bonchev–Trinajstić information content (AvgIpc) is 3.15. The highest BCUT2D eigenvalue weighted by molar-refractivity contribution is 9.09. The molecule has 0 saturated heterocycles. The Kier molecular flexibility index (Phi) is 6.11. The number of rotatable bonds is 4. The first-order chi connectivity index (χ1) is 15.9. The normalized spacial score (nSPS) is 30.0. The molecule has 2 fully saturated rings. The van der Waals surface area contributed by atoms with E-state index in [-0.39, 0.29) is 28.8 Å². The van der Waals surface area contributed by atoms with Crippen molar-refractivity contribution in [3.05, 3.63) is 64.7 Å². The third-order valence-corrected chi connectivity index (χ3v) is 8.97. The number of benzene rings is 2. The molecule has 0 aromatic heterocycles. The summed E-state index contributed by atoms with van der Waals surface area (Å²) in [5.41, 5.74) is 4.66. The Bertz CT molecular complexity index is 1070. The topological polar surface area (TPSA) is 52.6 Å². The summed E-state index contributed by atoms with van der Waals surface area (Å²) in [7, 11) is 0. The number of fused-ring (bicyclic) bond motifs is 5. The van der Waals surface area contributed by atoms with Gasteiger partial charge in [-0.25, -0.2) is 4.79 Å². The van der Waals surface area contributed by atoms with Crippen LogP contribution in [0.15, 0.2) is 42.5 Å². The van der Waals surface area contributed by atoms with Gasteiger partial charge >= 0.3 is 11.9 Å². The lowest BCUT2D eigenvalue weighted by molar-refractivity contribution is -0.154. The number of hydrogen-bond acceptors (Lipinski definition) is 4. The molecule has 4 nitrogen and oxygen atoms in total. The van der Waals surface area contributed by atoms with E-state index in [1.54, 1.807) is 12.1 Å². The zero-order chi connectivity index (χ0) is 23.2. The van der Waals surface area contributed by atoms with Crippen LogP contribution in [-0.4, -0.2) is 23.4 Å². The standard InChI is InChI=1S/C28H31BrO4/c1-17-14-20(32-27(31)18-6-4-3-5-7-18)15-19-8-9-21-22(26(17)19)12-13-28(2)23(21)10-11-24(28)33-25(30)16-29/h3-7,14-15,21-24H,8-13,16H2,1-2H3/t21-,22+,23+,24+,28+/m1/s1. The van der Waals surface area contributed by atoms with E-state index < -0.39 is 0 Å². The van der Waals surface area contributed by atoms with E-state index in [0.717, 1.165) is 38.5 Å². The second-order valence-corrected chi connectivity index (χ2v) is 10.8. The Morgan fingerprint density at radius 1 is 1.09 bits per heavy atom. The number of alkyl halides is 1. The summed E-state index contributed by atoms with van der Waals surface area (Å²) in [4.78, 5) is 24.5. The maximum absolute atomic E-state index is 12.5. The van der Waals surface area contributed by atoms with Crippen LogP contribution in [0.1, 0.15) is 72.0 Å². The van der Waals surface area contributed by atoms with Gasteiger partial charge in [0.2, 0.25) is 0 Å². The zero-order valence-corrected chi connectivity index (χ0v) is 20.9. The van der Waals surface area contributed by atoms with Crippen LogP contribution in [0.5, 0.6) is 5.75 Å². The minimum absolute atomic E-state index is 0.0377. The lowest BCUT2D eigenvalue weighted by atomic mass is 9.55. The van der Waals surface area contributed by atoms with Crippen molar-refractivity contribution < 1.29 is 19.1 Å². The van der Waals surface area contributed by atoms with E-state index in [1.165, 1.54) is 16.7 Å². The molecule has 0 unspecified atom stereocenters. The van der Waals surface area contributed by atoms with Crippen molar-refractivity contribution in [3.8, 4) is 5.75 Å². The molecule has 0 amide bonds. The molecule has 2 aromatic rings. The number of hydrogen-bond donors (Lipinski definition) is 0. The van der Waals surface area contributed by atoms with Crippen molar-refractivity contribution in [1.82, 2.24) is 0 Å². The van der Waals surface area contributed by atoms with E-state index in [4.69, 9.17) is 9.47 Å². The Morgan fingerprint density at radius 3 is 2.64 bits per heavy atom. The highest BCUT2D eigenvalue weighted by Crippen LogP contribution is 2.62. The first-order valence-electron chi connectivity index (χ1n) is 12.1. The summed E-state index contributed by atoms with van der Waals surface area (Å²) >= 11 is 3.24. The van der Waals surface area contributed by atoms with Crippen molar-refractivity contribution in [1.29, 1.82) is 0 Å². The Balaban J connectivity index is 1.37. The van der Waals surface area contributed by atoms with Crippen LogP contribution >= 0.6 is 15.9 Å². The molecule has 3 aliphatic carbocycles. The number of ether oxygens (including phenoxy) is 2. The van der Waals surface area contributed by atoms with Crippen LogP contribution in [0.3, 0.4) is 0 Å². The molecule has 0 radical (unpaired) electrons. The van der Waals surface area contributed by atoms with Gasteiger partial charge < -0.3 is 9.47 Å². The van der Waals surface area contributed by atoms with Gasteiger partial charge in [-0.2, -0.15) is 0 Å². The number of esters is 2. The number of carbonyl (C=O) groups is 2. The van der Waals surface area contributed by atoms with E-state index in [0.29, 0.717) is 29.1 Å². The SMILES string of the molecule is Cc1cc(OC(=O)c2ccccc2)cc2c1[C@H]1CC[C@]3(C)[C@@H](OC(=O)CBr)CC[C@H]3[C@@H]1CC2. The molecule has 174 valence electrons. The highest BCUT2D eigenvalue weighted by Gasteiger charge is 2.56. The van der Waals surface area contributed by atoms with Crippen molar-refractivity contribution in [3.63, 3.8) is 0 Å². The Morgan fingerprint density at radius 2 is 1.88 bits per heavy atom. The number of carbonyl (C=O) groups excluding carboxylic acids is 2. The number of halogens is 1. The van der Waals surface area contributed by atoms with Crippen LogP contribution in [-0.2, 0) is 16.0 Å². The molecule has 0 heterocycles. The molecule has 0 bridgehead atoms. The summed E-state index contributed by atoms with van der Waals surface area (Å²) in [6, 6.07) is 13.3. The van der Waals surface area contributed by atoms with Crippen molar-refractivity contribution >= 4 is 27.9 Å². The first kappa shape index (κ1) is 22.6. The van der Waals surface area contributed by atoms with Crippen LogP contribution in [0.25, 0.3) is 0 Å². The third kappa shape index (κ3) is 4.03. The molecule has 2 aromatic carbocycles. The fourth-order valence-corrected chi connectivity index (χ4v) is 7.21. The van der Waals surface area contributed by atoms with Crippen molar-refractivity contribution in [2.45, 2.75) is 64.4 Å².